The predicted octanol–water partition coefficient (Wildman–Crippen LogP) is 2.39. The van der Waals surface area contributed by atoms with Gasteiger partial charge >= 0.3 is 0 Å². The minimum absolute atomic E-state index is 0.00594. The van der Waals surface area contributed by atoms with Gasteiger partial charge in [-0.1, -0.05) is 56.3 Å². The average molecular weight is 769 g/mol. The summed E-state index contributed by atoms with van der Waals surface area (Å²) in [7, 11) is 0. The summed E-state index contributed by atoms with van der Waals surface area (Å²) >= 11 is 2.68. The summed E-state index contributed by atoms with van der Waals surface area (Å²) in [5.41, 5.74) is 0.921. The van der Waals surface area contributed by atoms with Crippen molar-refractivity contribution in [1.82, 2.24) is 41.6 Å². The van der Waals surface area contributed by atoms with E-state index in [9.17, 15) is 28.8 Å². The molecule has 4 rings (SSSR count). The minimum Gasteiger partial charge on any atom is -0.361 e. The Labute approximate surface area is 317 Å². The summed E-state index contributed by atoms with van der Waals surface area (Å²) in [6.07, 6.45) is 2.68. The van der Waals surface area contributed by atoms with Gasteiger partial charge in [-0.2, -0.15) is 11.8 Å². The first-order valence-corrected chi connectivity index (χ1v) is 19.8. The van der Waals surface area contributed by atoms with Crippen molar-refractivity contribution in [1.29, 1.82) is 0 Å². The summed E-state index contributed by atoms with van der Waals surface area (Å²) in [4.78, 5) is 87.4. The molecule has 3 heterocycles. The van der Waals surface area contributed by atoms with E-state index in [4.69, 9.17) is 4.52 Å². The summed E-state index contributed by atoms with van der Waals surface area (Å²) in [5.74, 6) is -2.55. The molecule has 2 bridgehead atoms. The Morgan fingerprint density at radius 1 is 1.00 bits per heavy atom. The van der Waals surface area contributed by atoms with Crippen LogP contribution in [0.1, 0.15) is 83.9 Å². The van der Waals surface area contributed by atoms with Crippen LogP contribution in [0.3, 0.4) is 0 Å². The topological polar surface area (TPSA) is 205 Å². The molecule has 1 aliphatic heterocycles. The monoisotopic (exact) mass is 768 g/mol. The van der Waals surface area contributed by atoms with Crippen LogP contribution in [-0.2, 0) is 25.6 Å². The second-order valence-corrected chi connectivity index (χ2v) is 15.1. The van der Waals surface area contributed by atoms with Crippen molar-refractivity contribution in [2.45, 2.75) is 84.1 Å². The van der Waals surface area contributed by atoms with Gasteiger partial charge in [-0.3, -0.25) is 28.8 Å². The van der Waals surface area contributed by atoms with E-state index in [1.807, 2.05) is 50.4 Å². The SMILES string of the molecule is CC[C@@H]1NC(=O)[C@@H](C)NC(=O)c2csc(n2)[C@H](C(C)C)NC(=O)CN(C(=O)c2cc(C)on2)C[C@H](Cc2ccccc2)NC(=O)[C@H](CCSC)NC1=O. The van der Waals surface area contributed by atoms with Gasteiger partial charge in [0.05, 0.1) is 18.6 Å². The van der Waals surface area contributed by atoms with Crippen LogP contribution in [0, 0.1) is 12.8 Å². The highest BCUT2D eigenvalue weighted by atomic mass is 32.2. The number of thioether (sulfide) groups is 1. The third-order valence-corrected chi connectivity index (χ3v) is 10.2. The number of aromatic nitrogens is 2. The Kier molecular flexibility index (Phi) is 15.0. The Hall–Kier alpha value is -4.77. The van der Waals surface area contributed by atoms with E-state index in [2.05, 4.69) is 36.7 Å². The molecule has 0 radical (unpaired) electrons. The van der Waals surface area contributed by atoms with E-state index in [0.717, 1.165) is 5.56 Å². The lowest BCUT2D eigenvalue weighted by molar-refractivity contribution is -0.132. The molecule has 1 aliphatic rings. The molecular weight excluding hydrogens is 721 g/mol. The van der Waals surface area contributed by atoms with Crippen molar-refractivity contribution in [2.24, 2.45) is 5.92 Å². The zero-order valence-corrected chi connectivity index (χ0v) is 32.4. The Morgan fingerprint density at radius 3 is 2.34 bits per heavy atom. The second kappa shape index (κ2) is 19.3. The minimum atomic E-state index is -1.02. The van der Waals surface area contributed by atoms with Gasteiger partial charge in [0.15, 0.2) is 5.69 Å². The number of hydrogen-bond acceptors (Lipinski definition) is 11. The first-order chi connectivity index (χ1) is 25.3. The molecule has 0 unspecified atom stereocenters. The van der Waals surface area contributed by atoms with Gasteiger partial charge in [0, 0.05) is 18.0 Å². The van der Waals surface area contributed by atoms with E-state index in [1.54, 1.807) is 19.2 Å². The maximum Gasteiger partial charge on any atom is 0.276 e. The van der Waals surface area contributed by atoms with Gasteiger partial charge in [0.2, 0.25) is 23.6 Å². The van der Waals surface area contributed by atoms with E-state index >= 15 is 0 Å². The van der Waals surface area contributed by atoms with Crippen molar-refractivity contribution < 1.29 is 33.3 Å². The molecule has 286 valence electrons. The molecule has 2 aromatic heterocycles. The molecule has 17 heteroatoms. The average Bonchev–Trinajstić information content (AvgIpc) is 3.80. The number of nitrogens with zero attached hydrogens (tertiary/aromatic N) is 3. The van der Waals surface area contributed by atoms with Gasteiger partial charge in [-0.25, -0.2) is 4.98 Å². The molecule has 0 spiro atoms. The lowest BCUT2D eigenvalue weighted by Gasteiger charge is -2.30. The highest BCUT2D eigenvalue weighted by Crippen LogP contribution is 2.25. The standard InChI is InChI=1S/C36H48N8O7S2/c1-7-25-32(47)40-26(13-14-52-6)33(48)38-24(16-23-11-9-8-10-12-23)17-44(36(50)27-15-21(4)51-43-27)18-29(45)42-30(20(2)3)35-41-28(19-53-35)34(49)37-22(5)31(46)39-25/h8-12,15,19-20,22,24-26,30H,7,13-14,16-18H2,1-6H3,(H,37,49)(H,38,48)(H,39,46)(H,40,47)(H,42,45)/t22-,24+,25+,26+,30+/m1/s1. The van der Waals surface area contributed by atoms with Crippen LogP contribution in [0.2, 0.25) is 0 Å². The highest BCUT2D eigenvalue weighted by molar-refractivity contribution is 7.98. The summed E-state index contributed by atoms with van der Waals surface area (Å²) in [5, 5.41) is 20.0. The zero-order chi connectivity index (χ0) is 38.7. The lowest BCUT2D eigenvalue weighted by atomic mass is 10.0. The zero-order valence-electron chi connectivity index (χ0n) is 30.8. The number of rotatable bonds is 8. The quantitative estimate of drug-likeness (QED) is 0.226. The van der Waals surface area contributed by atoms with Crippen molar-refractivity contribution in [2.75, 3.05) is 25.1 Å². The molecule has 5 atom stereocenters. The number of fused-ring (bicyclic) bond motifs is 2. The van der Waals surface area contributed by atoms with Crippen molar-refractivity contribution in [3.63, 3.8) is 0 Å². The van der Waals surface area contributed by atoms with Gasteiger partial charge in [0.25, 0.3) is 11.8 Å². The van der Waals surface area contributed by atoms with Gasteiger partial charge in [-0.05, 0) is 56.6 Å². The molecule has 0 saturated carbocycles. The molecule has 0 aliphatic carbocycles. The molecule has 3 aromatic rings. The molecule has 53 heavy (non-hydrogen) atoms. The maximum atomic E-state index is 14.0. The van der Waals surface area contributed by atoms with Crippen LogP contribution < -0.4 is 26.6 Å². The van der Waals surface area contributed by atoms with E-state index in [-0.39, 0.29) is 36.7 Å². The van der Waals surface area contributed by atoms with Gasteiger partial charge in [0.1, 0.15) is 34.6 Å². The number of thiazole rings is 1. The third kappa shape index (κ3) is 11.6. The number of hydrogen-bond donors (Lipinski definition) is 5. The molecular formula is C36H48N8O7S2. The van der Waals surface area contributed by atoms with Gasteiger partial charge in [-0.15, -0.1) is 11.3 Å². The molecule has 15 nitrogen and oxygen atoms in total. The number of aryl methyl sites for hydroxylation is 1. The molecule has 1 aromatic carbocycles. The highest BCUT2D eigenvalue weighted by Gasteiger charge is 2.32. The molecule has 0 fully saturated rings. The van der Waals surface area contributed by atoms with Crippen LogP contribution in [0.5, 0.6) is 0 Å². The predicted molar refractivity (Wildman–Crippen MR) is 201 cm³/mol. The normalized spacial score (nSPS) is 22.6. The fraction of sp³-hybridized carbons (Fsp3) is 0.500. The van der Waals surface area contributed by atoms with Crippen molar-refractivity contribution in [3.8, 4) is 0 Å². The fourth-order valence-corrected chi connectivity index (χ4v) is 7.17. The lowest BCUT2D eigenvalue weighted by Crippen LogP contribution is -2.58. The first-order valence-electron chi connectivity index (χ1n) is 17.5. The van der Waals surface area contributed by atoms with Crippen LogP contribution in [0.15, 0.2) is 46.3 Å². The van der Waals surface area contributed by atoms with Gasteiger partial charge < -0.3 is 36.0 Å². The number of nitrogens with one attached hydrogen (secondary N) is 5. The fourth-order valence-electron chi connectivity index (χ4n) is 5.68. The van der Waals surface area contributed by atoms with E-state index in [0.29, 0.717) is 22.9 Å². The third-order valence-electron chi connectivity index (χ3n) is 8.61. The Balaban J connectivity index is 1.76. The molecule has 6 amide bonds. The van der Waals surface area contributed by atoms with Crippen molar-refractivity contribution in [3.05, 3.63) is 69.5 Å². The number of benzene rings is 1. The first kappa shape index (κ1) is 41.0. The number of amides is 6. The number of carbonyl (C=O) groups excluding carboxylic acids is 6. The van der Waals surface area contributed by atoms with Crippen LogP contribution in [-0.4, -0.2) is 99.7 Å². The van der Waals surface area contributed by atoms with Crippen LogP contribution in [0.4, 0.5) is 0 Å². The molecule has 5 N–H and O–H groups in total. The largest absolute Gasteiger partial charge is 0.361 e. The van der Waals surface area contributed by atoms with Crippen LogP contribution in [0.25, 0.3) is 0 Å². The summed E-state index contributed by atoms with van der Waals surface area (Å²) in [6, 6.07) is 6.53. The van der Waals surface area contributed by atoms with Crippen molar-refractivity contribution >= 4 is 58.5 Å². The Morgan fingerprint density at radius 2 is 1.70 bits per heavy atom. The number of carbonyl (C=O) groups is 6. The van der Waals surface area contributed by atoms with E-state index < -0.39 is 72.2 Å². The maximum absolute atomic E-state index is 14.0. The summed E-state index contributed by atoms with van der Waals surface area (Å²) < 4.78 is 5.18. The molecule has 0 saturated heterocycles. The van der Waals surface area contributed by atoms with E-state index in [1.165, 1.54) is 41.0 Å². The second-order valence-electron chi connectivity index (χ2n) is 13.3. The smallest absolute Gasteiger partial charge is 0.276 e. The Bertz CT molecular complexity index is 1750. The van der Waals surface area contributed by atoms with Crippen LogP contribution >= 0.6 is 23.1 Å². The summed E-state index contributed by atoms with van der Waals surface area (Å²) in [6.45, 7) is 8.15.